The second-order valence-electron chi connectivity index (χ2n) is 5.80. The molecule has 1 rings (SSSR count). The van der Waals surface area contributed by atoms with E-state index in [1.807, 2.05) is 0 Å². The number of ether oxygens (including phenoxy) is 1. The van der Waals surface area contributed by atoms with Gasteiger partial charge in [0.25, 0.3) is 0 Å². The molecule has 1 unspecified atom stereocenters. The number of hydrogen-bond acceptors (Lipinski definition) is 5. The van der Waals surface area contributed by atoms with Gasteiger partial charge in [-0.3, -0.25) is 0 Å². The molecule has 1 heterocycles. The molecule has 0 radical (unpaired) electrons. The van der Waals surface area contributed by atoms with E-state index >= 15 is 0 Å². The average molecular weight is 280 g/mol. The predicted octanol–water partition coefficient (Wildman–Crippen LogP) is 2.65. The van der Waals surface area contributed by atoms with Gasteiger partial charge in [-0.1, -0.05) is 20.8 Å². The van der Waals surface area contributed by atoms with Crippen molar-refractivity contribution in [1.29, 1.82) is 0 Å². The minimum atomic E-state index is 0.339. The number of anilines is 1. The minimum absolute atomic E-state index is 0.339. The van der Waals surface area contributed by atoms with Gasteiger partial charge in [0, 0.05) is 24.8 Å². The van der Waals surface area contributed by atoms with Gasteiger partial charge in [-0.25, -0.2) is 4.98 Å². The molecule has 0 amide bonds. The molecule has 0 aliphatic heterocycles. The Morgan fingerprint density at radius 1 is 1.35 bits per heavy atom. The summed E-state index contributed by atoms with van der Waals surface area (Å²) in [6.07, 6.45) is 3.80. The van der Waals surface area contributed by atoms with E-state index in [1.165, 1.54) is 0 Å². The fraction of sp³-hybridized carbons (Fsp3) is 0.733. The second-order valence-corrected chi connectivity index (χ2v) is 5.80. The van der Waals surface area contributed by atoms with Crippen LogP contribution in [0, 0.1) is 5.92 Å². The summed E-state index contributed by atoms with van der Waals surface area (Å²) >= 11 is 0. The molecule has 0 saturated carbocycles. The molecule has 5 nitrogen and oxygen atoms in total. The molecular formula is C15H28N4O. The van der Waals surface area contributed by atoms with Gasteiger partial charge in [0.2, 0.25) is 11.8 Å². The summed E-state index contributed by atoms with van der Waals surface area (Å²) in [6.45, 7) is 8.18. The lowest BCUT2D eigenvalue weighted by Gasteiger charge is -2.24. The zero-order valence-corrected chi connectivity index (χ0v) is 13.4. The number of hydrogen-bond donors (Lipinski definition) is 1. The second kappa shape index (κ2) is 8.74. The summed E-state index contributed by atoms with van der Waals surface area (Å²) < 4.78 is 5.54. The summed E-state index contributed by atoms with van der Waals surface area (Å²) in [7, 11) is 4.16. The Kier molecular flexibility index (Phi) is 7.30. The third-order valence-corrected chi connectivity index (χ3v) is 2.76. The number of nitrogens with one attached hydrogen (secondary N) is 1. The molecule has 5 heteroatoms. The molecule has 1 aromatic heterocycles. The van der Waals surface area contributed by atoms with Crippen molar-refractivity contribution in [2.24, 2.45) is 5.92 Å². The number of likely N-dealkylation sites (N-methyl/N-ethyl adjacent to an activating group) is 1. The van der Waals surface area contributed by atoms with Gasteiger partial charge in [-0.05, 0) is 32.9 Å². The van der Waals surface area contributed by atoms with Gasteiger partial charge in [0.1, 0.15) is 0 Å². The predicted molar refractivity (Wildman–Crippen MR) is 83.2 cm³/mol. The van der Waals surface area contributed by atoms with E-state index in [2.05, 4.69) is 55.1 Å². The van der Waals surface area contributed by atoms with Crippen LogP contribution in [-0.2, 0) is 0 Å². The van der Waals surface area contributed by atoms with Crippen molar-refractivity contribution >= 4 is 5.95 Å². The van der Waals surface area contributed by atoms with Crippen LogP contribution in [0.5, 0.6) is 5.88 Å². The Hall–Kier alpha value is -1.36. The smallest absolute Gasteiger partial charge is 0.226 e. The molecule has 0 aliphatic rings. The highest BCUT2D eigenvalue weighted by Crippen LogP contribution is 2.13. The molecule has 0 spiro atoms. The van der Waals surface area contributed by atoms with Crippen molar-refractivity contribution in [3.05, 3.63) is 12.3 Å². The van der Waals surface area contributed by atoms with Crippen LogP contribution in [0.4, 0.5) is 5.95 Å². The Labute approximate surface area is 122 Å². The summed E-state index contributed by atoms with van der Waals surface area (Å²) in [5.41, 5.74) is 0. The summed E-state index contributed by atoms with van der Waals surface area (Å²) in [4.78, 5) is 10.9. The number of nitrogens with zero attached hydrogens (tertiary/aromatic N) is 3. The lowest BCUT2D eigenvalue weighted by Crippen LogP contribution is -2.34. The monoisotopic (exact) mass is 280 g/mol. The van der Waals surface area contributed by atoms with E-state index in [0.29, 0.717) is 30.4 Å². The summed E-state index contributed by atoms with van der Waals surface area (Å²) in [5.74, 6) is 1.91. The molecule has 0 bridgehead atoms. The molecule has 1 aromatic rings. The molecular weight excluding hydrogens is 252 g/mol. The number of aromatic nitrogens is 2. The van der Waals surface area contributed by atoms with Crippen molar-refractivity contribution in [2.75, 3.05) is 32.6 Å². The zero-order valence-electron chi connectivity index (χ0n) is 13.4. The van der Waals surface area contributed by atoms with E-state index in [0.717, 1.165) is 19.4 Å². The molecule has 1 atom stereocenters. The Bertz CT molecular complexity index is 372. The van der Waals surface area contributed by atoms with Crippen LogP contribution < -0.4 is 10.1 Å². The van der Waals surface area contributed by atoms with Crippen molar-refractivity contribution < 1.29 is 4.74 Å². The van der Waals surface area contributed by atoms with Crippen LogP contribution in [0.3, 0.4) is 0 Å². The zero-order chi connectivity index (χ0) is 15.0. The largest absolute Gasteiger partial charge is 0.478 e. The summed E-state index contributed by atoms with van der Waals surface area (Å²) in [5, 5.41) is 3.41. The fourth-order valence-corrected chi connectivity index (χ4v) is 2.07. The molecule has 114 valence electrons. The maximum atomic E-state index is 5.54. The molecule has 1 N–H and O–H groups in total. The van der Waals surface area contributed by atoms with Gasteiger partial charge in [0.05, 0.1) is 6.61 Å². The Balaban J connectivity index is 2.66. The molecule has 0 aliphatic carbocycles. The van der Waals surface area contributed by atoms with E-state index in [9.17, 15) is 0 Å². The maximum Gasteiger partial charge on any atom is 0.226 e. The van der Waals surface area contributed by atoms with Gasteiger partial charge in [0.15, 0.2) is 0 Å². The van der Waals surface area contributed by atoms with Crippen molar-refractivity contribution in [3.8, 4) is 5.88 Å². The van der Waals surface area contributed by atoms with Gasteiger partial charge in [-0.2, -0.15) is 4.98 Å². The quantitative estimate of drug-likeness (QED) is 0.753. The standard InChI is InChI=1S/C15H28N4O/c1-6-9-20-14-7-8-16-15(18-14)17-13(10-12(2)3)11-19(4)5/h7-8,12-13H,6,9-11H2,1-5H3,(H,16,17,18). The first-order chi connectivity index (χ1) is 9.51. The van der Waals surface area contributed by atoms with E-state index < -0.39 is 0 Å². The first-order valence-electron chi connectivity index (χ1n) is 7.38. The topological polar surface area (TPSA) is 50.3 Å². The Morgan fingerprint density at radius 2 is 2.10 bits per heavy atom. The van der Waals surface area contributed by atoms with E-state index in [4.69, 9.17) is 4.74 Å². The average Bonchev–Trinajstić information content (AvgIpc) is 2.35. The van der Waals surface area contributed by atoms with Crippen LogP contribution in [0.2, 0.25) is 0 Å². The highest BCUT2D eigenvalue weighted by Gasteiger charge is 2.13. The first-order valence-corrected chi connectivity index (χ1v) is 7.38. The third-order valence-electron chi connectivity index (χ3n) is 2.76. The first kappa shape index (κ1) is 16.7. The van der Waals surface area contributed by atoms with E-state index in [1.54, 1.807) is 12.3 Å². The van der Waals surface area contributed by atoms with Crippen LogP contribution in [-0.4, -0.2) is 48.2 Å². The van der Waals surface area contributed by atoms with Gasteiger partial charge in [-0.15, -0.1) is 0 Å². The van der Waals surface area contributed by atoms with Crippen LogP contribution >= 0.6 is 0 Å². The van der Waals surface area contributed by atoms with Gasteiger partial charge >= 0.3 is 0 Å². The van der Waals surface area contributed by atoms with Crippen molar-refractivity contribution in [3.63, 3.8) is 0 Å². The third kappa shape index (κ3) is 6.70. The maximum absolute atomic E-state index is 5.54. The summed E-state index contributed by atoms with van der Waals surface area (Å²) in [6, 6.07) is 2.14. The fourth-order valence-electron chi connectivity index (χ4n) is 2.07. The van der Waals surface area contributed by atoms with Gasteiger partial charge < -0.3 is 15.0 Å². The molecule has 0 aromatic carbocycles. The lowest BCUT2D eigenvalue weighted by atomic mass is 10.0. The van der Waals surface area contributed by atoms with Crippen molar-refractivity contribution in [2.45, 2.75) is 39.7 Å². The molecule has 0 saturated heterocycles. The van der Waals surface area contributed by atoms with Crippen LogP contribution in [0.15, 0.2) is 12.3 Å². The van der Waals surface area contributed by atoms with Crippen LogP contribution in [0.25, 0.3) is 0 Å². The SMILES string of the molecule is CCCOc1ccnc(NC(CC(C)C)CN(C)C)n1. The molecule has 0 fully saturated rings. The van der Waals surface area contributed by atoms with E-state index in [-0.39, 0.29) is 0 Å². The lowest BCUT2D eigenvalue weighted by molar-refractivity contribution is 0.304. The Morgan fingerprint density at radius 3 is 2.70 bits per heavy atom. The highest BCUT2D eigenvalue weighted by atomic mass is 16.5. The minimum Gasteiger partial charge on any atom is -0.478 e. The van der Waals surface area contributed by atoms with Crippen molar-refractivity contribution in [1.82, 2.24) is 14.9 Å². The number of rotatable bonds is 9. The highest BCUT2D eigenvalue weighted by molar-refractivity contribution is 5.29. The van der Waals surface area contributed by atoms with Crippen LogP contribution in [0.1, 0.15) is 33.6 Å². The molecule has 20 heavy (non-hydrogen) atoms. The normalized spacial score (nSPS) is 12.8.